The Morgan fingerprint density at radius 1 is 1.09 bits per heavy atom. The summed E-state index contributed by atoms with van der Waals surface area (Å²) < 4.78 is 5.46. The number of rotatable bonds is 5. The van der Waals surface area contributed by atoms with Crippen LogP contribution in [0.2, 0.25) is 0 Å². The Hall–Kier alpha value is -3.35. The lowest BCUT2D eigenvalue weighted by Gasteiger charge is -2.35. The maximum absolute atomic E-state index is 13.1. The molecular weight excluding hydrogens is 418 g/mol. The highest BCUT2D eigenvalue weighted by Gasteiger charge is 2.27. The van der Waals surface area contributed by atoms with E-state index >= 15 is 0 Å². The second-order valence-electron chi connectivity index (χ2n) is 9.29. The number of carbonyl (C=O) groups is 3. The highest BCUT2D eigenvalue weighted by molar-refractivity contribution is 6.00. The molecule has 0 bridgehead atoms. The number of likely N-dealkylation sites (tertiary alicyclic amines) is 1. The molecule has 7 nitrogen and oxygen atoms in total. The lowest BCUT2D eigenvalue weighted by Crippen LogP contribution is -2.42. The molecule has 2 atom stereocenters. The summed E-state index contributed by atoms with van der Waals surface area (Å²) in [4.78, 5) is 41.6. The van der Waals surface area contributed by atoms with Crippen LogP contribution in [0.15, 0.2) is 42.5 Å². The quantitative estimate of drug-likeness (QED) is 0.752. The summed E-state index contributed by atoms with van der Waals surface area (Å²) in [6.45, 7) is 7.99. The molecule has 7 heteroatoms. The number of anilines is 2. The van der Waals surface area contributed by atoms with Crippen molar-refractivity contribution in [3.63, 3.8) is 0 Å². The molecule has 1 saturated heterocycles. The van der Waals surface area contributed by atoms with Crippen LogP contribution in [-0.2, 0) is 9.59 Å². The minimum absolute atomic E-state index is 0.000538. The summed E-state index contributed by atoms with van der Waals surface area (Å²) in [5, 5.41) is 2.93. The van der Waals surface area contributed by atoms with Crippen LogP contribution in [0.25, 0.3) is 0 Å². The molecule has 2 unspecified atom stereocenters. The number of piperidine rings is 1. The van der Waals surface area contributed by atoms with Crippen LogP contribution in [0.4, 0.5) is 11.4 Å². The fourth-order valence-corrected chi connectivity index (χ4v) is 4.73. The molecule has 2 aromatic rings. The van der Waals surface area contributed by atoms with Crippen molar-refractivity contribution in [1.82, 2.24) is 4.90 Å². The molecule has 0 aromatic heterocycles. The van der Waals surface area contributed by atoms with Gasteiger partial charge in [0.2, 0.25) is 5.91 Å². The third-order valence-electron chi connectivity index (χ3n) is 6.29. The molecule has 4 rings (SSSR count). The third-order valence-corrected chi connectivity index (χ3v) is 6.29. The summed E-state index contributed by atoms with van der Waals surface area (Å²) in [6.07, 6.45) is 1.27. The molecule has 0 aliphatic carbocycles. The Bertz CT molecular complexity index is 1060. The number of hydrogen-bond donors (Lipinski definition) is 1. The fraction of sp³-hybridized carbons (Fsp3) is 0.423. The zero-order chi connectivity index (χ0) is 23.5. The normalized spacial score (nSPS) is 20.2. The molecule has 0 spiro atoms. The van der Waals surface area contributed by atoms with E-state index in [1.54, 1.807) is 11.0 Å². The van der Waals surface area contributed by atoms with Crippen molar-refractivity contribution >= 4 is 29.1 Å². The van der Waals surface area contributed by atoms with E-state index in [-0.39, 0.29) is 37.3 Å². The van der Waals surface area contributed by atoms with Gasteiger partial charge >= 0.3 is 0 Å². The van der Waals surface area contributed by atoms with Gasteiger partial charge in [-0.25, -0.2) is 0 Å². The van der Waals surface area contributed by atoms with Crippen LogP contribution >= 0.6 is 0 Å². The number of nitrogens with one attached hydrogen (secondary N) is 1. The van der Waals surface area contributed by atoms with Gasteiger partial charge in [0, 0.05) is 37.3 Å². The van der Waals surface area contributed by atoms with Crippen LogP contribution < -0.4 is 15.0 Å². The van der Waals surface area contributed by atoms with Gasteiger partial charge in [-0.2, -0.15) is 0 Å². The van der Waals surface area contributed by atoms with E-state index in [0.29, 0.717) is 34.5 Å². The van der Waals surface area contributed by atoms with E-state index in [4.69, 9.17) is 4.74 Å². The van der Waals surface area contributed by atoms with Crippen LogP contribution in [0.5, 0.6) is 5.75 Å². The predicted molar refractivity (Wildman–Crippen MR) is 128 cm³/mol. The van der Waals surface area contributed by atoms with Gasteiger partial charge in [0.1, 0.15) is 5.75 Å². The molecule has 1 fully saturated rings. The van der Waals surface area contributed by atoms with Crippen molar-refractivity contribution in [2.75, 3.05) is 36.5 Å². The molecule has 2 aliphatic rings. The second kappa shape index (κ2) is 9.65. The molecule has 1 N–H and O–H groups in total. The van der Waals surface area contributed by atoms with Crippen molar-refractivity contribution in [3.8, 4) is 5.75 Å². The molecular formula is C26H31N3O4. The molecule has 3 amide bonds. The lowest BCUT2D eigenvalue weighted by molar-refractivity contribution is -0.121. The van der Waals surface area contributed by atoms with E-state index < -0.39 is 0 Å². The maximum Gasteiger partial charge on any atom is 0.265 e. The van der Waals surface area contributed by atoms with Crippen molar-refractivity contribution in [1.29, 1.82) is 0 Å². The van der Waals surface area contributed by atoms with Gasteiger partial charge in [-0.05, 0) is 55.0 Å². The number of amides is 3. The monoisotopic (exact) mass is 449 g/mol. The number of ether oxygens (including phenoxy) is 1. The van der Waals surface area contributed by atoms with E-state index in [1.165, 1.54) is 0 Å². The van der Waals surface area contributed by atoms with Crippen molar-refractivity contribution in [2.45, 2.75) is 33.6 Å². The first kappa shape index (κ1) is 22.8. The Labute approximate surface area is 194 Å². The van der Waals surface area contributed by atoms with Gasteiger partial charge in [-0.15, -0.1) is 0 Å². The number of fused-ring (bicyclic) bond motifs is 1. The van der Waals surface area contributed by atoms with Gasteiger partial charge in [-0.3, -0.25) is 14.4 Å². The average Bonchev–Trinajstić information content (AvgIpc) is 2.78. The molecule has 174 valence electrons. The molecule has 2 aromatic carbocycles. The summed E-state index contributed by atoms with van der Waals surface area (Å²) in [5.74, 6) is 1.22. The standard InChI is InChI=1S/C26H31N3O4/c1-17-12-18(2)15-28(14-17)26(32)20-9-8-19(3)21(13-20)27-24(30)10-11-29-22-6-4-5-7-23(22)33-16-25(29)31/h4-9,13,17-18H,10-12,14-16H2,1-3H3,(H,27,30). The van der Waals surface area contributed by atoms with E-state index in [9.17, 15) is 14.4 Å². The van der Waals surface area contributed by atoms with E-state index in [2.05, 4.69) is 19.2 Å². The topological polar surface area (TPSA) is 79.0 Å². The van der Waals surface area contributed by atoms with Crippen molar-refractivity contribution in [3.05, 3.63) is 53.6 Å². The van der Waals surface area contributed by atoms with Crippen LogP contribution in [0, 0.1) is 18.8 Å². The average molecular weight is 450 g/mol. The van der Waals surface area contributed by atoms with E-state index in [0.717, 1.165) is 25.1 Å². The maximum atomic E-state index is 13.1. The van der Waals surface area contributed by atoms with Crippen LogP contribution in [0.3, 0.4) is 0 Å². The molecule has 2 aliphatic heterocycles. The highest BCUT2D eigenvalue weighted by atomic mass is 16.5. The molecule has 0 saturated carbocycles. The second-order valence-corrected chi connectivity index (χ2v) is 9.29. The third kappa shape index (κ3) is 5.18. The van der Waals surface area contributed by atoms with Gasteiger partial charge in [0.15, 0.2) is 6.61 Å². The molecule has 2 heterocycles. The first-order chi connectivity index (χ1) is 15.8. The number of para-hydroxylation sites is 2. The Kier molecular flexibility index (Phi) is 6.67. The first-order valence-corrected chi connectivity index (χ1v) is 11.5. The SMILES string of the molecule is Cc1ccc(C(=O)N2CC(C)CC(C)C2)cc1NC(=O)CCN1C(=O)COc2ccccc21. The van der Waals surface area contributed by atoms with Gasteiger partial charge in [-0.1, -0.05) is 32.0 Å². The van der Waals surface area contributed by atoms with Crippen LogP contribution in [-0.4, -0.2) is 48.9 Å². The van der Waals surface area contributed by atoms with Crippen LogP contribution in [0.1, 0.15) is 42.6 Å². The number of nitrogens with zero attached hydrogens (tertiary/aromatic N) is 2. The highest BCUT2D eigenvalue weighted by Crippen LogP contribution is 2.31. The van der Waals surface area contributed by atoms with E-state index in [1.807, 2.05) is 48.2 Å². The van der Waals surface area contributed by atoms with Gasteiger partial charge in [0.25, 0.3) is 11.8 Å². The van der Waals surface area contributed by atoms with Crippen molar-refractivity contribution < 1.29 is 19.1 Å². The van der Waals surface area contributed by atoms with Gasteiger partial charge < -0.3 is 19.9 Å². The minimum Gasteiger partial charge on any atom is -0.482 e. The minimum atomic E-state index is -0.209. The summed E-state index contributed by atoms with van der Waals surface area (Å²) in [5.41, 5.74) is 2.76. The first-order valence-electron chi connectivity index (χ1n) is 11.5. The Morgan fingerprint density at radius 2 is 1.82 bits per heavy atom. The zero-order valence-corrected chi connectivity index (χ0v) is 19.5. The van der Waals surface area contributed by atoms with Crippen molar-refractivity contribution in [2.24, 2.45) is 11.8 Å². The predicted octanol–water partition coefficient (Wildman–Crippen LogP) is 3.87. The largest absolute Gasteiger partial charge is 0.482 e. The summed E-state index contributed by atoms with van der Waals surface area (Å²) >= 11 is 0. The summed E-state index contributed by atoms with van der Waals surface area (Å²) in [6, 6.07) is 12.7. The summed E-state index contributed by atoms with van der Waals surface area (Å²) in [7, 11) is 0. The fourth-order valence-electron chi connectivity index (χ4n) is 4.73. The Balaban J connectivity index is 1.41. The molecule has 0 radical (unpaired) electrons. The zero-order valence-electron chi connectivity index (χ0n) is 19.5. The Morgan fingerprint density at radius 3 is 2.58 bits per heavy atom. The number of aryl methyl sites for hydroxylation is 1. The number of benzene rings is 2. The number of hydrogen-bond acceptors (Lipinski definition) is 4. The lowest BCUT2D eigenvalue weighted by atomic mass is 9.91. The molecule has 33 heavy (non-hydrogen) atoms. The number of carbonyl (C=O) groups excluding carboxylic acids is 3. The van der Waals surface area contributed by atoms with Gasteiger partial charge in [0.05, 0.1) is 5.69 Å². The smallest absolute Gasteiger partial charge is 0.265 e.